The van der Waals surface area contributed by atoms with E-state index in [1.807, 2.05) is 36.7 Å². The number of carbonyl (C=O) groups excluding carboxylic acids is 1. The number of benzene rings is 1. The molecule has 0 aliphatic rings. The third-order valence-corrected chi connectivity index (χ3v) is 5.54. The highest BCUT2D eigenvalue weighted by Crippen LogP contribution is 2.22. The van der Waals surface area contributed by atoms with Crippen LogP contribution in [0, 0.1) is 6.92 Å². The molecule has 1 aromatic heterocycles. The van der Waals surface area contributed by atoms with E-state index in [0.717, 1.165) is 38.2 Å². The van der Waals surface area contributed by atoms with E-state index in [2.05, 4.69) is 38.4 Å². The highest BCUT2D eigenvalue weighted by molar-refractivity contribution is 9.10. The number of halogens is 1. The predicted octanol–water partition coefficient (Wildman–Crippen LogP) is 3.87. The molecule has 8 heteroatoms. The molecule has 23 heavy (non-hydrogen) atoms. The van der Waals surface area contributed by atoms with Gasteiger partial charge in [0, 0.05) is 17.2 Å². The molecular formula is C15H19BrN4OS2. The van der Waals surface area contributed by atoms with Gasteiger partial charge in [0.15, 0.2) is 5.16 Å². The van der Waals surface area contributed by atoms with E-state index in [1.165, 1.54) is 11.8 Å². The third-order valence-electron chi connectivity index (χ3n) is 3.16. The molecule has 0 aliphatic carbocycles. The van der Waals surface area contributed by atoms with Crippen molar-refractivity contribution in [1.29, 1.82) is 0 Å². The second-order valence-corrected chi connectivity index (χ2v) is 8.02. The molecule has 1 aromatic carbocycles. The van der Waals surface area contributed by atoms with E-state index in [-0.39, 0.29) is 5.91 Å². The van der Waals surface area contributed by atoms with E-state index in [9.17, 15) is 4.79 Å². The summed E-state index contributed by atoms with van der Waals surface area (Å²) in [6, 6.07) is 5.78. The molecule has 0 aliphatic heterocycles. The first-order valence-corrected chi connectivity index (χ1v) is 10.1. The minimum atomic E-state index is -0.0482. The van der Waals surface area contributed by atoms with Crippen LogP contribution in [0.2, 0.25) is 0 Å². The summed E-state index contributed by atoms with van der Waals surface area (Å²) in [5, 5.41) is 12.0. The average molecular weight is 415 g/mol. The number of anilines is 1. The average Bonchev–Trinajstić information content (AvgIpc) is 2.86. The number of carbonyl (C=O) groups is 1. The molecule has 2 aromatic rings. The molecule has 0 fully saturated rings. The van der Waals surface area contributed by atoms with Gasteiger partial charge in [0.05, 0.1) is 11.5 Å². The molecule has 124 valence electrons. The van der Waals surface area contributed by atoms with E-state index >= 15 is 0 Å². The predicted molar refractivity (Wildman–Crippen MR) is 101 cm³/mol. The van der Waals surface area contributed by atoms with Gasteiger partial charge in [-0.1, -0.05) is 34.6 Å². The van der Waals surface area contributed by atoms with Crippen LogP contribution in [0.4, 0.5) is 5.69 Å². The lowest BCUT2D eigenvalue weighted by atomic mass is 10.2. The first-order chi connectivity index (χ1) is 11.0. The van der Waals surface area contributed by atoms with Crippen molar-refractivity contribution in [2.24, 2.45) is 7.05 Å². The summed E-state index contributed by atoms with van der Waals surface area (Å²) in [7, 11) is 1.94. The fourth-order valence-corrected chi connectivity index (χ4v) is 3.72. The van der Waals surface area contributed by atoms with Crippen LogP contribution in [-0.4, -0.2) is 32.2 Å². The van der Waals surface area contributed by atoms with Crippen molar-refractivity contribution in [1.82, 2.24) is 14.8 Å². The summed E-state index contributed by atoms with van der Waals surface area (Å²) in [6.45, 7) is 4.08. The Labute approximate surface area is 153 Å². The fraction of sp³-hybridized carbons (Fsp3) is 0.400. The fourth-order valence-electron chi connectivity index (χ4n) is 1.87. The largest absolute Gasteiger partial charge is 0.325 e. The highest BCUT2D eigenvalue weighted by atomic mass is 79.9. The summed E-state index contributed by atoms with van der Waals surface area (Å²) < 4.78 is 2.95. The van der Waals surface area contributed by atoms with Crippen molar-refractivity contribution in [3.63, 3.8) is 0 Å². The van der Waals surface area contributed by atoms with Gasteiger partial charge < -0.3 is 9.88 Å². The Kier molecular flexibility index (Phi) is 6.98. The van der Waals surface area contributed by atoms with Gasteiger partial charge in [-0.05, 0) is 36.4 Å². The van der Waals surface area contributed by atoms with Crippen molar-refractivity contribution in [2.45, 2.75) is 24.8 Å². The Hall–Kier alpha value is -0.990. The van der Waals surface area contributed by atoms with Gasteiger partial charge in [0.1, 0.15) is 5.82 Å². The molecule has 0 radical (unpaired) electrons. The maximum Gasteiger partial charge on any atom is 0.234 e. The molecule has 0 unspecified atom stereocenters. The number of nitrogens with one attached hydrogen (secondary N) is 1. The molecule has 0 atom stereocenters. The van der Waals surface area contributed by atoms with Gasteiger partial charge in [-0.15, -0.1) is 10.2 Å². The number of aromatic nitrogens is 3. The Morgan fingerprint density at radius 3 is 2.87 bits per heavy atom. The Morgan fingerprint density at radius 2 is 2.17 bits per heavy atom. The Bertz CT molecular complexity index is 690. The Balaban J connectivity index is 1.90. The summed E-state index contributed by atoms with van der Waals surface area (Å²) in [4.78, 5) is 12.1. The van der Waals surface area contributed by atoms with Crippen molar-refractivity contribution in [2.75, 3.05) is 16.8 Å². The SMILES string of the molecule is CCSCc1nnc(SCC(=O)Nc2ccc(Br)cc2C)n1C. The van der Waals surface area contributed by atoms with Crippen LogP contribution in [0.3, 0.4) is 0 Å². The number of hydrogen-bond donors (Lipinski definition) is 1. The summed E-state index contributed by atoms with van der Waals surface area (Å²) in [5.74, 6) is 3.08. The smallest absolute Gasteiger partial charge is 0.234 e. The van der Waals surface area contributed by atoms with Crippen LogP contribution < -0.4 is 5.32 Å². The van der Waals surface area contributed by atoms with Gasteiger partial charge in [0.2, 0.25) is 5.91 Å². The number of rotatable bonds is 7. The van der Waals surface area contributed by atoms with Crippen LogP contribution in [0.25, 0.3) is 0 Å². The van der Waals surface area contributed by atoms with Gasteiger partial charge in [-0.2, -0.15) is 11.8 Å². The quantitative estimate of drug-likeness (QED) is 0.696. The van der Waals surface area contributed by atoms with Crippen molar-refractivity contribution in [3.8, 4) is 0 Å². The zero-order valence-corrected chi connectivity index (χ0v) is 16.5. The van der Waals surface area contributed by atoms with Crippen molar-refractivity contribution >= 4 is 51.0 Å². The van der Waals surface area contributed by atoms with Gasteiger partial charge in [0.25, 0.3) is 0 Å². The standard InChI is InChI=1S/C15H19BrN4OS2/c1-4-22-8-13-18-19-15(20(13)3)23-9-14(21)17-12-6-5-11(16)7-10(12)2/h5-7H,4,8-9H2,1-3H3,(H,17,21). The van der Waals surface area contributed by atoms with Crippen LogP contribution in [0.15, 0.2) is 27.8 Å². The van der Waals surface area contributed by atoms with E-state index < -0.39 is 0 Å². The number of nitrogens with zero attached hydrogens (tertiary/aromatic N) is 3. The molecule has 0 saturated carbocycles. The first-order valence-electron chi connectivity index (χ1n) is 7.16. The zero-order valence-electron chi connectivity index (χ0n) is 13.3. The van der Waals surface area contributed by atoms with Gasteiger partial charge >= 0.3 is 0 Å². The molecule has 0 bridgehead atoms. The van der Waals surface area contributed by atoms with E-state index in [1.54, 1.807) is 11.8 Å². The maximum absolute atomic E-state index is 12.1. The second kappa shape index (κ2) is 8.75. The summed E-state index contributed by atoms with van der Waals surface area (Å²) >= 11 is 6.61. The summed E-state index contributed by atoms with van der Waals surface area (Å²) in [6.07, 6.45) is 0. The number of aryl methyl sites for hydroxylation is 1. The minimum absolute atomic E-state index is 0.0482. The van der Waals surface area contributed by atoms with Gasteiger partial charge in [-0.3, -0.25) is 4.79 Å². The summed E-state index contributed by atoms with van der Waals surface area (Å²) in [5.41, 5.74) is 1.85. The monoisotopic (exact) mass is 414 g/mol. The lowest BCUT2D eigenvalue weighted by molar-refractivity contribution is -0.113. The van der Waals surface area contributed by atoms with Crippen LogP contribution in [-0.2, 0) is 17.6 Å². The third kappa shape index (κ3) is 5.26. The molecule has 0 saturated heterocycles. The lowest BCUT2D eigenvalue weighted by Gasteiger charge is -2.08. The van der Waals surface area contributed by atoms with Crippen LogP contribution >= 0.6 is 39.5 Å². The molecule has 1 heterocycles. The lowest BCUT2D eigenvalue weighted by Crippen LogP contribution is -2.15. The maximum atomic E-state index is 12.1. The van der Waals surface area contributed by atoms with Gasteiger partial charge in [-0.25, -0.2) is 0 Å². The normalized spacial score (nSPS) is 10.8. The number of hydrogen-bond acceptors (Lipinski definition) is 5. The van der Waals surface area contributed by atoms with E-state index in [0.29, 0.717) is 5.75 Å². The molecule has 1 N–H and O–H groups in total. The second-order valence-electron chi connectivity index (χ2n) is 4.89. The molecular weight excluding hydrogens is 396 g/mol. The first kappa shape index (κ1) is 18.4. The molecule has 0 spiro atoms. The van der Waals surface area contributed by atoms with E-state index in [4.69, 9.17) is 0 Å². The number of thioether (sulfide) groups is 2. The minimum Gasteiger partial charge on any atom is -0.325 e. The van der Waals surface area contributed by atoms with Crippen molar-refractivity contribution in [3.05, 3.63) is 34.1 Å². The molecule has 5 nitrogen and oxygen atoms in total. The van der Waals surface area contributed by atoms with Crippen LogP contribution in [0.5, 0.6) is 0 Å². The molecule has 2 rings (SSSR count). The van der Waals surface area contributed by atoms with Crippen LogP contribution in [0.1, 0.15) is 18.3 Å². The van der Waals surface area contributed by atoms with Crippen molar-refractivity contribution < 1.29 is 4.79 Å². The number of amides is 1. The highest BCUT2D eigenvalue weighted by Gasteiger charge is 2.12. The zero-order chi connectivity index (χ0) is 16.8. The Morgan fingerprint density at radius 1 is 1.39 bits per heavy atom. The molecule has 1 amide bonds. The topological polar surface area (TPSA) is 59.8 Å².